The quantitative estimate of drug-likeness (QED) is 0.467. The van der Waals surface area contributed by atoms with E-state index in [-0.39, 0.29) is 5.56 Å². The number of carbonyl (C=O) groups is 3. The molecule has 0 saturated carbocycles. The Labute approximate surface area is 135 Å². The molecule has 0 bridgehead atoms. The smallest absolute Gasteiger partial charge is 0.287 e. The number of benzene rings is 1. The molecule has 9 nitrogen and oxygen atoms in total. The molecule has 2 rings (SSSR count). The third kappa shape index (κ3) is 2.91. The Bertz CT molecular complexity index is 907. The Balaban J connectivity index is 2.86. The van der Waals surface area contributed by atoms with Gasteiger partial charge in [0.15, 0.2) is 0 Å². The maximum absolute atomic E-state index is 12.7. The maximum Gasteiger partial charge on any atom is 0.342 e. The van der Waals surface area contributed by atoms with Crippen LogP contribution in [0.1, 0.15) is 45.2 Å². The van der Waals surface area contributed by atoms with E-state index in [0.717, 1.165) is 13.8 Å². The molecule has 1 heterocycles. The summed E-state index contributed by atoms with van der Waals surface area (Å²) < 4.78 is 0.982. The summed E-state index contributed by atoms with van der Waals surface area (Å²) in [5.74, 6) is -2.39. The summed E-state index contributed by atoms with van der Waals surface area (Å²) in [7, 11) is 0. The second-order valence-electron chi connectivity index (χ2n) is 4.97. The van der Waals surface area contributed by atoms with Crippen LogP contribution in [0, 0.1) is 10.1 Å². The van der Waals surface area contributed by atoms with Crippen LogP contribution in [-0.2, 0) is 6.54 Å². The van der Waals surface area contributed by atoms with E-state index in [0.29, 0.717) is 9.13 Å². The van der Waals surface area contributed by atoms with Gasteiger partial charge in [-0.25, -0.2) is 13.9 Å². The largest absolute Gasteiger partial charge is 0.342 e. The lowest BCUT2D eigenvalue weighted by molar-refractivity contribution is -0.497. The molecule has 0 N–H and O–H groups in total. The standard InChI is InChI=1S/C15H13N3O6/c1-9(19)17-12(8-16(23)24)13(18(10(2)20)15(17)22)14(21)11-6-4-3-5-7-11/h3-7H,8H2,1-2H3. The van der Waals surface area contributed by atoms with Gasteiger partial charge in [-0.1, -0.05) is 30.3 Å². The molecule has 0 spiro atoms. The Kier molecular flexibility index (Phi) is 4.54. The number of ketones is 1. The first-order chi connectivity index (χ1) is 11.3. The number of hydrogen-bond donors (Lipinski definition) is 0. The average Bonchev–Trinajstić information content (AvgIpc) is 2.79. The van der Waals surface area contributed by atoms with Crippen LogP contribution in [0.3, 0.4) is 0 Å². The highest BCUT2D eigenvalue weighted by molar-refractivity contribution is 6.10. The molecule has 0 unspecified atom stereocenters. The lowest BCUT2D eigenvalue weighted by Crippen LogP contribution is -2.31. The predicted molar refractivity (Wildman–Crippen MR) is 81.9 cm³/mol. The van der Waals surface area contributed by atoms with Gasteiger partial charge >= 0.3 is 5.69 Å². The monoisotopic (exact) mass is 331 g/mol. The number of carbonyl (C=O) groups excluding carboxylic acids is 3. The molecule has 2 aromatic rings. The van der Waals surface area contributed by atoms with Crippen LogP contribution in [0.2, 0.25) is 0 Å². The summed E-state index contributed by atoms with van der Waals surface area (Å²) in [6.07, 6.45) is 0. The van der Waals surface area contributed by atoms with Gasteiger partial charge in [0.1, 0.15) is 11.4 Å². The summed E-state index contributed by atoms with van der Waals surface area (Å²) in [5.41, 5.74) is -1.84. The van der Waals surface area contributed by atoms with Crippen LogP contribution in [0.15, 0.2) is 35.1 Å². The van der Waals surface area contributed by atoms with Gasteiger partial charge < -0.3 is 0 Å². The highest BCUT2D eigenvalue weighted by Crippen LogP contribution is 2.16. The van der Waals surface area contributed by atoms with E-state index in [1.807, 2.05) is 0 Å². The number of nitrogens with zero attached hydrogens (tertiary/aromatic N) is 3. The summed E-state index contributed by atoms with van der Waals surface area (Å²) in [6, 6.07) is 7.68. The van der Waals surface area contributed by atoms with Gasteiger partial charge in [0, 0.05) is 24.3 Å². The Morgan fingerprint density at radius 1 is 1.04 bits per heavy atom. The molecule has 1 aromatic heterocycles. The number of rotatable bonds is 4. The minimum Gasteiger partial charge on any atom is -0.287 e. The molecule has 124 valence electrons. The molecule has 0 fully saturated rings. The number of hydrogen-bond acceptors (Lipinski definition) is 6. The van der Waals surface area contributed by atoms with Crippen LogP contribution in [0.4, 0.5) is 0 Å². The minimum atomic E-state index is -1.09. The summed E-state index contributed by atoms with van der Waals surface area (Å²) in [6.45, 7) is 1.11. The van der Waals surface area contributed by atoms with E-state index in [1.54, 1.807) is 18.2 Å². The van der Waals surface area contributed by atoms with Crippen molar-refractivity contribution < 1.29 is 19.3 Å². The number of imidazole rings is 1. The second-order valence-corrected chi connectivity index (χ2v) is 4.97. The normalized spacial score (nSPS) is 10.4. The molecular weight excluding hydrogens is 318 g/mol. The van der Waals surface area contributed by atoms with Crippen LogP contribution >= 0.6 is 0 Å². The van der Waals surface area contributed by atoms with E-state index in [9.17, 15) is 29.3 Å². The van der Waals surface area contributed by atoms with Crippen molar-refractivity contribution in [2.24, 2.45) is 0 Å². The minimum absolute atomic E-state index is 0.137. The molecule has 9 heteroatoms. The molecule has 24 heavy (non-hydrogen) atoms. The van der Waals surface area contributed by atoms with E-state index in [1.165, 1.54) is 12.1 Å². The molecule has 0 amide bonds. The highest BCUT2D eigenvalue weighted by Gasteiger charge is 2.31. The van der Waals surface area contributed by atoms with E-state index >= 15 is 0 Å². The first-order valence-electron chi connectivity index (χ1n) is 6.85. The van der Waals surface area contributed by atoms with Crippen molar-refractivity contribution in [3.05, 3.63) is 67.9 Å². The fourth-order valence-electron chi connectivity index (χ4n) is 2.39. The van der Waals surface area contributed by atoms with E-state index in [4.69, 9.17) is 0 Å². The maximum atomic E-state index is 12.7. The van der Waals surface area contributed by atoms with Crippen LogP contribution in [0.5, 0.6) is 0 Å². The molecule has 0 radical (unpaired) electrons. The Morgan fingerprint density at radius 2 is 1.58 bits per heavy atom. The van der Waals surface area contributed by atoms with Crippen LogP contribution < -0.4 is 5.69 Å². The topological polar surface area (TPSA) is 121 Å². The van der Waals surface area contributed by atoms with Crippen molar-refractivity contribution in [2.45, 2.75) is 20.4 Å². The van der Waals surface area contributed by atoms with Crippen molar-refractivity contribution in [3.8, 4) is 0 Å². The summed E-state index contributed by atoms with van der Waals surface area (Å²) in [4.78, 5) is 58.7. The fraction of sp³-hybridized carbons (Fsp3) is 0.200. The molecular formula is C15H13N3O6. The molecule has 1 aromatic carbocycles. The lowest BCUT2D eigenvalue weighted by Gasteiger charge is -2.05. The lowest BCUT2D eigenvalue weighted by atomic mass is 10.1. The van der Waals surface area contributed by atoms with Gasteiger partial charge in [-0.2, -0.15) is 0 Å². The zero-order valence-electron chi connectivity index (χ0n) is 12.9. The first-order valence-corrected chi connectivity index (χ1v) is 6.85. The van der Waals surface area contributed by atoms with Crippen LogP contribution in [0.25, 0.3) is 0 Å². The van der Waals surface area contributed by atoms with Gasteiger partial charge in [-0.3, -0.25) is 24.5 Å². The van der Waals surface area contributed by atoms with E-state index in [2.05, 4.69) is 0 Å². The second kappa shape index (κ2) is 6.41. The van der Waals surface area contributed by atoms with Crippen molar-refractivity contribution in [1.29, 1.82) is 0 Å². The summed E-state index contributed by atoms with van der Waals surface area (Å²) >= 11 is 0. The summed E-state index contributed by atoms with van der Waals surface area (Å²) in [5, 5.41) is 10.9. The number of nitro groups is 1. The third-order valence-corrected chi connectivity index (χ3v) is 3.31. The molecule has 0 saturated heterocycles. The average molecular weight is 331 g/mol. The van der Waals surface area contributed by atoms with Gasteiger partial charge in [0.2, 0.25) is 24.1 Å². The van der Waals surface area contributed by atoms with Crippen molar-refractivity contribution >= 4 is 17.6 Å². The first kappa shape index (κ1) is 17.0. The zero-order chi connectivity index (χ0) is 18.0. The number of aromatic nitrogens is 2. The Hall–Kier alpha value is -3.36. The Morgan fingerprint density at radius 3 is 2.04 bits per heavy atom. The highest BCUT2D eigenvalue weighted by atomic mass is 16.6. The zero-order valence-corrected chi connectivity index (χ0v) is 12.9. The van der Waals surface area contributed by atoms with Gasteiger partial charge in [0.25, 0.3) is 0 Å². The molecule has 0 aliphatic heterocycles. The van der Waals surface area contributed by atoms with Gasteiger partial charge in [0.05, 0.1) is 0 Å². The molecule has 0 aliphatic rings. The molecule has 0 aliphatic carbocycles. The van der Waals surface area contributed by atoms with Crippen LogP contribution in [-0.4, -0.2) is 31.7 Å². The van der Waals surface area contributed by atoms with Crippen molar-refractivity contribution in [3.63, 3.8) is 0 Å². The SMILES string of the molecule is CC(=O)n1c(C[N+](=O)[O-])c(C(=O)c2ccccc2)n(C(C)=O)c1=O. The van der Waals surface area contributed by atoms with E-state index < -0.39 is 46.1 Å². The third-order valence-electron chi connectivity index (χ3n) is 3.31. The fourth-order valence-corrected chi connectivity index (χ4v) is 2.39. The van der Waals surface area contributed by atoms with Crippen molar-refractivity contribution in [1.82, 2.24) is 9.13 Å². The van der Waals surface area contributed by atoms with Crippen molar-refractivity contribution in [2.75, 3.05) is 0 Å². The predicted octanol–water partition coefficient (Wildman–Crippen LogP) is 0.978. The van der Waals surface area contributed by atoms with Gasteiger partial charge in [-0.05, 0) is 0 Å². The van der Waals surface area contributed by atoms with Gasteiger partial charge in [-0.15, -0.1) is 0 Å². The molecule has 0 atom stereocenters.